The van der Waals surface area contributed by atoms with E-state index in [1.54, 1.807) is 25.1 Å². The predicted octanol–water partition coefficient (Wildman–Crippen LogP) is 1.71. The number of aromatic carboxylic acids is 1. The molecule has 4 nitrogen and oxygen atoms in total. The van der Waals surface area contributed by atoms with E-state index in [0.29, 0.717) is 5.69 Å². The fourth-order valence-electron chi connectivity index (χ4n) is 1.06. The van der Waals surface area contributed by atoms with Crippen LogP contribution in [0.5, 0.6) is 0 Å². The van der Waals surface area contributed by atoms with Gasteiger partial charge in [0.1, 0.15) is 6.04 Å². The Morgan fingerprint density at radius 2 is 2.21 bits per heavy atom. The first-order valence-corrected chi connectivity index (χ1v) is 4.13. The summed E-state index contributed by atoms with van der Waals surface area (Å²) in [5.74, 6) is -1.00. The summed E-state index contributed by atoms with van der Waals surface area (Å²) in [6.07, 6.45) is 0. The van der Waals surface area contributed by atoms with Crippen LogP contribution in [-0.2, 0) is 0 Å². The minimum atomic E-state index is -1.00. The molecule has 2 N–H and O–H groups in total. The van der Waals surface area contributed by atoms with E-state index >= 15 is 0 Å². The normalized spacial score (nSPS) is 11.4. The van der Waals surface area contributed by atoms with E-state index in [-0.39, 0.29) is 5.56 Å². The summed E-state index contributed by atoms with van der Waals surface area (Å²) >= 11 is 0. The molecule has 0 fully saturated rings. The standard InChI is InChI=1S/C10H10N2O2/c1-7(6-11)12-9-5-3-2-4-8(9)10(13)14/h2-5,7,12H,1H3,(H,13,14)/t7-/m0/s1. The van der Waals surface area contributed by atoms with Gasteiger partial charge in [-0.05, 0) is 19.1 Å². The Morgan fingerprint density at radius 1 is 1.57 bits per heavy atom. The van der Waals surface area contributed by atoms with E-state index in [2.05, 4.69) is 5.32 Å². The van der Waals surface area contributed by atoms with Crippen LogP contribution >= 0.6 is 0 Å². The Morgan fingerprint density at radius 3 is 2.79 bits per heavy atom. The molecule has 1 aromatic rings. The number of rotatable bonds is 3. The van der Waals surface area contributed by atoms with Crippen LogP contribution in [-0.4, -0.2) is 17.1 Å². The summed E-state index contributed by atoms with van der Waals surface area (Å²) in [6, 6.07) is 8.07. The average molecular weight is 190 g/mol. The molecule has 0 saturated heterocycles. The SMILES string of the molecule is C[C@@H](C#N)Nc1ccccc1C(=O)O. The van der Waals surface area contributed by atoms with Crippen molar-refractivity contribution in [1.82, 2.24) is 0 Å². The van der Waals surface area contributed by atoms with Crippen LogP contribution in [0, 0.1) is 11.3 Å². The molecule has 72 valence electrons. The second-order valence-electron chi connectivity index (χ2n) is 2.85. The maximum Gasteiger partial charge on any atom is 0.337 e. The molecule has 0 unspecified atom stereocenters. The first kappa shape index (κ1) is 10.1. The topological polar surface area (TPSA) is 73.1 Å². The third kappa shape index (κ3) is 2.23. The number of carboxylic acids is 1. The van der Waals surface area contributed by atoms with Gasteiger partial charge in [0.25, 0.3) is 0 Å². The Kier molecular flexibility index (Phi) is 3.08. The van der Waals surface area contributed by atoms with E-state index in [1.807, 2.05) is 6.07 Å². The molecule has 4 heteroatoms. The molecule has 0 amide bonds. The van der Waals surface area contributed by atoms with Gasteiger partial charge in [0.2, 0.25) is 0 Å². The van der Waals surface area contributed by atoms with E-state index in [4.69, 9.17) is 10.4 Å². The van der Waals surface area contributed by atoms with Gasteiger partial charge in [0, 0.05) is 5.69 Å². The van der Waals surface area contributed by atoms with E-state index < -0.39 is 12.0 Å². The van der Waals surface area contributed by atoms with Crippen molar-refractivity contribution in [3.05, 3.63) is 29.8 Å². The highest BCUT2D eigenvalue weighted by atomic mass is 16.4. The minimum absolute atomic E-state index is 0.176. The van der Waals surface area contributed by atoms with Crippen LogP contribution in [0.15, 0.2) is 24.3 Å². The first-order chi connectivity index (χ1) is 6.65. The zero-order valence-corrected chi connectivity index (χ0v) is 7.69. The lowest BCUT2D eigenvalue weighted by Crippen LogP contribution is -2.14. The fourth-order valence-corrected chi connectivity index (χ4v) is 1.06. The molecular formula is C10H10N2O2. The lowest BCUT2D eigenvalue weighted by Gasteiger charge is -2.10. The van der Waals surface area contributed by atoms with E-state index in [1.165, 1.54) is 6.07 Å². The van der Waals surface area contributed by atoms with Crippen LogP contribution in [0.2, 0.25) is 0 Å². The Balaban J connectivity index is 2.97. The van der Waals surface area contributed by atoms with Crippen LogP contribution < -0.4 is 5.32 Å². The molecule has 0 heterocycles. The number of nitrogens with zero attached hydrogens (tertiary/aromatic N) is 1. The molecule has 1 aromatic carbocycles. The van der Waals surface area contributed by atoms with Crippen molar-refractivity contribution in [2.75, 3.05) is 5.32 Å². The highest BCUT2D eigenvalue weighted by Crippen LogP contribution is 2.15. The lowest BCUT2D eigenvalue weighted by atomic mass is 10.1. The van der Waals surface area contributed by atoms with Gasteiger partial charge in [-0.25, -0.2) is 4.79 Å². The van der Waals surface area contributed by atoms with Crippen LogP contribution in [0.1, 0.15) is 17.3 Å². The van der Waals surface area contributed by atoms with Crippen molar-refractivity contribution in [2.24, 2.45) is 0 Å². The average Bonchev–Trinajstić information content (AvgIpc) is 2.18. The van der Waals surface area contributed by atoms with Gasteiger partial charge >= 0.3 is 5.97 Å². The summed E-state index contributed by atoms with van der Waals surface area (Å²) in [6.45, 7) is 1.67. The maximum absolute atomic E-state index is 10.8. The van der Waals surface area contributed by atoms with Gasteiger partial charge in [-0.15, -0.1) is 0 Å². The van der Waals surface area contributed by atoms with Gasteiger partial charge < -0.3 is 10.4 Å². The molecule has 0 aromatic heterocycles. The number of benzene rings is 1. The summed E-state index contributed by atoms with van der Waals surface area (Å²) in [7, 11) is 0. The van der Waals surface area contributed by atoms with Gasteiger partial charge in [-0.2, -0.15) is 5.26 Å². The summed E-state index contributed by atoms with van der Waals surface area (Å²) < 4.78 is 0. The van der Waals surface area contributed by atoms with Crippen LogP contribution in [0.3, 0.4) is 0 Å². The van der Waals surface area contributed by atoms with Crippen molar-refractivity contribution in [3.63, 3.8) is 0 Å². The summed E-state index contributed by atoms with van der Waals surface area (Å²) in [4.78, 5) is 10.8. The second-order valence-corrected chi connectivity index (χ2v) is 2.85. The Labute approximate surface area is 81.8 Å². The van der Waals surface area contributed by atoms with E-state index in [0.717, 1.165) is 0 Å². The number of para-hydroxylation sites is 1. The monoisotopic (exact) mass is 190 g/mol. The Hall–Kier alpha value is -2.02. The number of nitriles is 1. The zero-order chi connectivity index (χ0) is 10.6. The van der Waals surface area contributed by atoms with E-state index in [9.17, 15) is 4.79 Å². The second kappa shape index (κ2) is 4.28. The lowest BCUT2D eigenvalue weighted by molar-refractivity contribution is 0.0698. The quantitative estimate of drug-likeness (QED) is 0.760. The smallest absolute Gasteiger partial charge is 0.337 e. The van der Waals surface area contributed by atoms with Crippen molar-refractivity contribution in [3.8, 4) is 6.07 Å². The predicted molar refractivity (Wildman–Crippen MR) is 52.1 cm³/mol. The molecule has 0 spiro atoms. The molecular weight excluding hydrogens is 180 g/mol. The maximum atomic E-state index is 10.8. The molecule has 1 rings (SSSR count). The van der Waals surface area contributed by atoms with Crippen molar-refractivity contribution < 1.29 is 9.90 Å². The zero-order valence-electron chi connectivity index (χ0n) is 7.69. The van der Waals surface area contributed by atoms with Gasteiger partial charge in [0.05, 0.1) is 11.6 Å². The number of carboxylic acid groups (broad SMARTS) is 1. The summed E-state index contributed by atoms with van der Waals surface area (Å²) in [5, 5.41) is 20.2. The Bertz CT molecular complexity index is 382. The van der Waals surface area contributed by atoms with Gasteiger partial charge in [0.15, 0.2) is 0 Å². The molecule has 14 heavy (non-hydrogen) atoms. The molecule has 0 bridgehead atoms. The van der Waals surface area contributed by atoms with Crippen LogP contribution in [0.25, 0.3) is 0 Å². The van der Waals surface area contributed by atoms with Gasteiger partial charge in [-0.3, -0.25) is 0 Å². The third-order valence-electron chi connectivity index (χ3n) is 1.72. The number of anilines is 1. The number of hydrogen-bond donors (Lipinski definition) is 2. The number of nitrogens with one attached hydrogen (secondary N) is 1. The molecule has 0 aliphatic rings. The third-order valence-corrected chi connectivity index (χ3v) is 1.72. The molecule has 0 radical (unpaired) electrons. The number of carbonyl (C=O) groups is 1. The van der Waals surface area contributed by atoms with Crippen molar-refractivity contribution in [2.45, 2.75) is 13.0 Å². The van der Waals surface area contributed by atoms with Crippen molar-refractivity contribution >= 4 is 11.7 Å². The highest BCUT2D eigenvalue weighted by Gasteiger charge is 2.09. The largest absolute Gasteiger partial charge is 0.478 e. The molecule has 0 aliphatic carbocycles. The molecule has 0 saturated carbocycles. The minimum Gasteiger partial charge on any atom is -0.478 e. The summed E-state index contributed by atoms with van der Waals surface area (Å²) in [5.41, 5.74) is 0.642. The number of hydrogen-bond acceptors (Lipinski definition) is 3. The van der Waals surface area contributed by atoms with Gasteiger partial charge in [-0.1, -0.05) is 12.1 Å². The highest BCUT2D eigenvalue weighted by molar-refractivity contribution is 5.94. The fraction of sp³-hybridized carbons (Fsp3) is 0.200. The molecule has 1 atom stereocenters. The first-order valence-electron chi connectivity index (χ1n) is 4.13. The van der Waals surface area contributed by atoms with Crippen molar-refractivity contribution in [1.29, 1.82) is 5.26 Å². The van der Waals surface area contributed by atoms with Crippen LogP contribution in [0.4, 0.5) is 5.69 Å². The molecule has 0 aliphatic heterocycles.